The Morgan fingerprint density at radius 1 is 0.607 bits per heavy atom. The van der Waals surface area contributed by atoms with Gasteiger partial charge in [-0.15, -0.1) is 0 Å². The van der Waals surface area contributed by atoms with Crippen LogP contribution in [0.15, 0.2) is 103 Å². The van der Waals surface area contributed by atoms with Gasteiger partial charge < -0.3 is 5.32 Å². The molecule has 1 amide bonds. The van der Waals surface area contributed by atoms with Gasteiger partial charge in [0.15, 0.2) is 0 Å². The molecule has 0 aliphatic heterocycles. The van der Waals surface area contributed by atoms with Crippen LogP contribution in [-0.2, 0) is 0 Å². The smallest absolute Gasteiger partial charge is 0.255 e. The standard InChI is InChI=1S/C25H18ClNO/c26-23-17-9-16-22(24(23)27-25(28)19-12-5-2-6-13-19)21-15-8-7-14-20(21)18-10-3-1-4-11-18/h1-17H,(H,27,28). The molecule has 28 heavy (non-hydrogen) atoms. The zero-order valence-electron chi connectivity index (χ0n) is 15.1. The van der Waals surface area contributed by atoms with Crippen molar-refractivity contribution in [1.82, 2.24) is 0 Å². The van der Waals surface area contributed by atoms with Crippen LogP contribution in [0.1, 0.15) is 10.4 Å². The third-order valence-electron chi connectivity index (χ3n) is 4.59. The predicted octanol–water partition coefficient (Wildman–Crippen LogP) is 6.93. The van der Waals surface area contributed by atoms with E-state index >= 15 is 0 Å². The van der Waals surface area contributed by atoms with Crippen molar-refractivity contribution in [2.75, 3.05) is 5.32 Å². The predicted molar refractivity (Wildman–Crippen MR) is 117 cm³/mol. The quantitative estimate of drug-likeness (QED) is 0.407. The van der Waals surface area contributed by atoms with Gasteiger partial charge in [0.05, 0.1) is 10.7 Å². The molecule has 3 heteroatoms. The van der Waals surface area contributed by atoms with E-state index in [0.717, 1.165) is 22.3 Å². The summed E-state index contributed by atoms with van der Waals surface area (Å²) in [5.74, 6) is -0.188. The van der Waals surface area contributed by atoms with Crippen LogP contribution >= 0.6 is 11.6 Å². The molecule has 0 aliphatic carbocycles. The lowest BCUT2D eigenvalue weighted by Crippen LogP contribution is -2.13. The van der Waals surface area contributed by atoms with Crippen LogP contribution in [0.2, 0.25) is 5.02 Å². The minimum Gasteiger partial charge on any atom is -0.320 e. The summed E-state index contributed by atoms with van der Waals surface area (Å²) in [5.41, 5.74) is 5.29. The molecular weight excluding hydrogens is 366 g/mol. The van der Waals surface area contributed by atoms with E-state index in [-0.39, 0.29) is 5.91 Å². The van der Waals surface area contributed by atoms with Gasteiger partial charge >= 0.3 is 0 Å². The summed E-state index contributed by atoms with van der Waals surface area (Å²) in [6, 6.07) is 33.1. The van der Waals surface area contributed by atoms with E-state index in [9.17, 15) is 4.79 Å². The number of carbonyl (C=O) groups excluding carboxylic acids is 1. The summed E-state index contributed by atoms with van der Waals surface area (Å²) < 4.78 is 0. The fourth-order valence-corrected chi connectivity index (χ4v) is 3.46. The maximum atomic E-state index is 12.7. The summed E-state index contributed by atoms with van der Waals surface area (Å²) in [4.78, 5) is 12.7. The summed E-state index contributed by atoms with van der Waals surface area (Å²) >= 11 is 6.49. The first kappa shape index (κ1) is 18.0. The molecule has 0 aromatic heterocycles. The molecule has 1 N–H and O–H groups in total. The van der Waals surface area contributed by atoms with Gasteiger partial charge in [0.25, 0.3) is 5.91 Å². The Morgan fingerprint density at radius 2 is 1.18 bits per heavy atom. The van der Waals surface area contributed by atoms with Crippen molar-refractivity contribution in [2.24, 2.45) is 0 Å². The molecular formula is C25H18ClNO. The van der Waals surface area contributed by atoms with Gasteiger partial charge in [-0.25, -0.2) is 0 Å². The SMILES string of the molecule is O=C(Nc1c(Cl)cccc1-c1ccccc1-c1ccccc1)c1ccccc1. The molecule has 2 nitrogen and oxygen atoms in total. The van der Waals surface area contributed by atoms with E-state index < -0.39 is 0 Å². The van der Waals surface area contributed by atoms with Gasteiger partial charge in [-0.1, -0.05) is 96.5 Å². The van der Waals surface area contributed by atoms with Crippen molar-refractivity contribution < 1.29 is 4.79 Å². The lowest BCUT2D eigenvalue weighted by molar-refractivity contribution is 0.102. The van der Waals surface area contributed by atoms with E-state index in [1.807, 2.05) is 66.7 Å². The third-order valence-corrected chi connectivity index (χ3v) is 4.91. The highest BCUT2D eigenvalue weighted by Gasteiger charge is 2.16. The van der Waals surface area contributed by atoms with Crippen LogP contribution in [0, 0.1) is 0 Å². The molecule has 0 spiro atoms. The maximum absolute atomic E-state index is 12.7. The second-order valence-electron chi connectivity index (χ2n) is 6.39. The van der Waals surface area contributed by atoms with Gasteiger partial charge in [-0.05, 0) is 34.9 Å². The molecule has 0 fully saturated rings. The van der Waals surface area contributed by atoms with E-state index in [4.69, 9.17) is 11.6 Å². The van der Waals surface area contributed by atoms with E-state index in [1.54, 1.807) is 18.2 Å². The number of amides is 1. The topological polar surface area (TPSA) is 29.1 Å². The average Bonchev–Trinajstić information content (AvgIpc) is 2.76. The first-order valence-corrected chi connectivity index (χ1v) is 9.41. The van der Waals surface area contributed by atoms with Crippen LogP contribution in [-0.4, -0.2) is 5.91 Å². The van der Waals surface area contributed by atoms with E-state index in [1.165, 1.54) is 0 Å². The van der Waals surface area contributed by atoms with Gasteiger partial charge in [0.2, 0.25) is 0 Å². The van der Waals surface area contributed by atoms with Crippen molar-refractivity contribution in [3.8, 4) is 22.3 Å². The van der Waals surface area contributed by atoms with Crippen molar-refractivity contribution in [3.05, 3.63) is 114 Å². The van der Waals surface area contributed by atoms with Crippen LogP contribution in [0.3, 0.4) is 0 Å². The summed E-state index contributed by atoms with van der Waals surface area (Å²) in [6.45, 7) is 0. The average molecular weight is 384 g/mol. The molecule has 0 saturated heterocycles. The first-order valence-electron chi connectivity index (χ1n) is 9.04. The van der Waals surface area contributed by atoms with Crippen molar-refractivity contribution in [3.63, 3.8) is 0 Å². The van der Waals surface area contributed by atoms with E-state index in [2.05, 4.69) is 23.5 Å². The number of carbonyl (C=O) groups is 1. The number of benzene rings is 4. The number of para-hydroxylation sites is 1. The number of anilines is 1. The van der Waals surface area contributed by atoms with E-state index in [0.29, 0.717) is 16.3 Å². The van der Waals surface area contributed by atoms with Crippen LogP contribution in [0.4, 0.5) is 5.69 Å². The highest BCUT2D eigenvalue weighted by molar-refractivity contribution is 6.35. The van der Waals surface area contributed by atoms with Gasteiger partial charge in [-0.2, -0.15) is 0 Å². The Labute approximate surface area is 169 Å². The highest BCUT2D eigenvalue weighted by atomic mass is 35.5. The molecule has 0 bridgehead atoms. The zero-order valence-corrected chi connectivity index (χ0v) is 15.9. The minimum absolute atomic E-state index is 0.188. The molecule has 0 aliphatic rings. The number of rotatable bonds is 4. The Morgan fingerprint density at radius 3 is 1.89 bits per heavy atom. The largest absolute Gasteiger partial charge is 0.320 e. The van der Waals surface area contributed by atoms with Crippen LogP contribution in [0.5, 0.6) is 0 Å². The van der Waals surface area contributed by atoms with Crippen molar-refractivity contribution in [2.45, 2.75) is 0 Å². The maximum Gasteiger partial charge on any atom is 0.255 e. The van der Waals surface area contributed by atoms with Gasteiger partial charge in [-0.3, -0.25) is 4.79 Å². The molecule has 4 rings (SSSR count). The minimum atomic E-state index is -0.188. The molecule has 0 atom stereocenters. The lowest BCUT2D eigenvalue weighted by atomic mass is 9.93. The lowest BCUT2D eigenvalue weighted by Gasteiger charge is -2.16. The second-order valence-corrected chi connectivity index (χ2v) is 6.80. The Hall–Kier alpha value is -3.36. The summed E-state index contributed by atoms with van der Waals surface area (Å²) in [6.07, 6.45) is 0. The fraction of sp³-hybridized carbons (Fsp3) is 0. The molecule has 0 unspecified atom stereocenters. The second kappa shape index (κ2) is 8.12. The number of hydrogen-bond acceptors (Lipinski definition) is 1. The molecule has 4 aromatic carbocycles. The molecule has 136 valence electrons. The monoisotopic (exact) mass is 383 g/mol. The number of halogens is 1. The van der Waals surface area contributed by atoms with Crippen LogP contribution in [0.25, 0.3) is 22.3 Å². The molecule has 0 saturated carbocycles. The Bertz CT molecular complexity index is 1110. The molecule has 0 heterocycles. The van der Waals surface area contributed by atoms with Gasteiger partial charge in [0.1, 0.15) is 0 Å². The Balaban J connectivity index is 1.81. The first-order chi connectivity index (χ1) is 13.7. The Kier molecular flexibility index (Phi) is 5.22. The number of nitrogens with one attached hydrogen (secondary N) is 1. The number of hydrogen-bond donors (Lipinski definition) is 1. The summed E-state index contributed by atoms with van der Waals surface area (Å²) in [5, 5.41) is 3.51. The highest BCUT2D eigenvalue weighted by Crippen LogP contribution is 2.39. The fourth-order valence-electron chi connectivity index (χ4n) is 3.24. The van der Waals surface area contributed by atoms with Crippen molar-refractivity contribution in [1.29, 1.82) is 0 Å². The van der Waals surface area contributed by atoms with Crippen LogP contribution < -0.4 is 5.32 Å². The third kappa shape index (κ3) is 3.68. The summed E-state index contributed by atoms with van der Waals surface area (Å²) in [7, 11) is 0. The zero-order chi connectivity index (χ0) is 19.3. The molecule has 0 radical (unpaired) electrons. The molecule has 4 aromatic rings. The van der Waals surface area contributed by atoms with Crippen molar-refractivity contribution >= 4 is 23.2 Å². The van der Waals surface area contributed by atoms with Gasteiger partial charge in [0, 0.05) is 11.1 Å². The normalized spacial score (nSPS) is 10.5.